The summed E-state index contributed by atoms with van der Waals surface area (Å²) < 4.78 is 10.2. The molecule has 0 aliphatic carbocycles. The summed E-state index contributed by atoms with van der Waals surface area (Å²) in [5, 5.41) is 22.3. The molecule has 8 nitrogen and oxygen atoms in total. The summed E-state index contributed by atoms with van der Waals surface area (Å²) in [6.07, 6.45) is -1.63. The van der Waals surface area contributed by atoms with Crippen molar-refractivity contribution in [3.05, 3.63) is 23.8 Å². The van der Waals surface area contributed by atoms with Crippen LogP contribution in [0.15, 0.2) is 18.2 Å². The van der Waals surface area contributed by atoms with Crippen molar-refractivity contribution in [2.45, 2.75) is 12.6 Å². The van der Waals surface area contributed by atoms with Crippen LogP contribution in [0.1, 0.15) is 5.56 Å². The van der Waals surface area contributed by atoms with Crippen molar-refractivity contribution in [1.29, 1.82) is 0 Å². The molecule has 21 heavy (non-hydrogen) atoms. The number of carbonyl (C=O) groups excluding carboxylic acids is 1. The Morgan fingerprint density at radius 1 is 1.24 bits per heavy atom. The smallest absolute Gasteiger partial charge is 0.334 e. The lowest BCUT2D eigenvalue weighted by Crippen LogP contribution is -2.41. The topological polar surface area (TPSA) is 117 Å². The zero-order chi connectivity index (χ0) is 15.8. The molecule has 0 spiro atoms. The third-order valence-corrected chi connectivity index (χ3v) is 2.67. The summed E-state index contributed by atoms with van der Waals surface area (Å²) in [7, 11) is 3.04. The van der Waals surface area contributed by atoms with Crippen LogP contribution >= 0.6 is 0 Å². The molecule has 0 saturated heterocycles. The number of rotatable bonds is 7. The largest absolute Gasteiger partial charge is 0.497 e. The Kier molecular flexibility index (Phi) is 6.28. The molecular weight excluding hydrogens is 280 g/mol. The summed E-state index contributed by atoms with van der Waals surface area (Å²) >= 11 is 0. The first kappa shape index (κ1) is 16.6. The Labute approximate surface area is 121 Å². The number of aliphatic hydroxyl groups is 1. The molecule has 4 N–H and O–H groups in total. The highest BCUT2D eigenvalue weighted by Crippen LogP contribution is 2.24. The second kappa shape index (κ2) is 7.95. The monoisotopic (exact) mass is 298 g/mol. The van der Waals surface area contributed by atoms with E-state index in [-0.39, 0.29) is 13.1 Å². The highest BCUT2D eigenvalue weighted by molar-refractivity contribution is 5.76. The minimum absolute atomic E-state index is 0.183. The predicted octanol–water partition coefficient (Wildman–Crippen LogP) is -0.0515. The lowest BCUT2D eigenvalue weighted by atomic mass is 10.2. The highest BCUT2D eigenvalue weighted by atomic mass is 16.5. The van der Waals surface area contributed by atoms with Gasteiger partial charge in [-0.05, 0) is 12.1 Å². The zero-order valence-corrected chi connectivity index (χ0v) is 11.8. The fourth-order valence-corrected chi connectivity index (χ4v) is 1.51. The number of hydrogen-bond acceptors (Lipinski definition) is 5. The van der Waals surface area contributed by atoms with Crippen LogP contribution in [0.4, 0.5) is 4.79 Å². The molecule has 1 atom stereocenters. The van der Waals surface area contributed by atoms with Crippen molar-refractivity contribution in [2.24, 2.45) is 0 Å². The molecule has 1 aromatic carbocycles. The molecule has 0 unspecified atom stereocenters. The van der Waals surface area contributed by atoms with E-state index in [9.17, 15) is 9.59 Å². The van der Waals surface area contributed by atoms with Gasteiger partial charge in [-0.1, -0.05) is 0 Å². The van der Waals surface area contributed by atoms with Gasteiger partial charge in [0.15, 0.2) is 6.10 Å². The van der Waals surface area contributed by atoms with E-state index in [1.165, 1.54) is 14.2 Å². The average Bonchev–Trinajstić information content (AvgIpc) is 2.49. The SMILES string of the molecule is COc1ccc(CNC(=O)NC[C@H](O)C(=O)O)c(OC)c1. The van der Waals surface area contributed by atoms with Gasteiger partial charge in [-0.2, -0.15) is 0 Å². The second-order valence-electron chi connectivity index (χ2n) is 4.10. The van der Waals surface area contributed by atoms with Crippen molar-refractivity contribution < 1.29 is 29.3 Å². The maximum absolute atomic E-state index is 11.5. The summed E-state index contributed by atoms with van der Waals surface area (Å²) in [4.78, 5) is 21.9. The number of carboxylic acids is 1. The highest BCUT2D eigenvalue weighted by Gasteiger charge is 2.14. The number of hydrogen-bond donors (Lipinski definition) is 4. The number of ether oxygens (including phenoxy) is 2. The number of nitrogens with one attached hydrogen (secondary N) is 2. The van der Waals surface area contributed by atoms with Gasteiger partial charge in [0.2, 0.25) is 0 Å². The third kappa shape index (κ3) is 5.19. The van der Waals surface area contributed by atoms with Crippen molar-refractivity contribution in [1.82, 2.24) is 10.6 Å². The minimum Gasteiger partial charge on any atom is -0.497 e. The maximum Gasteiger partial charge on any atom is 0.334 e. The van der Waals surface area contributed by atoms with Gasteiger partial charge < -0.3 is 30.3 Å². The summed E-state index contributed by atoms with van der Waals surface area (Å²) in [6.45, 7) is -0.191. The molecule has 1 rings (SSSR count). The van der Waals surface area contributed by atoms with Crippen molar-refractivity contribution in [3.8, 4) is 11.5 Å². The molecule has 1 aromatic rings. The van der Waals surface area contributed by atoms with E-state index in [0.717, 1.165) is 5.56 Å². The number of aliphatic carboxylic acids is 1. The van der Waals surface area contributed by atoms with Gasteiger partial charge in [0.25, 0.3) is 0 Å². The Hall–Kier alpha value is -2.48. The van der Waals surface area contributed by atoms with Crippen LogP contribution in [0, 0.1) is 0 Å². The first-order chi connectivity index (χ1) is 9.97. The van der Waals surface area contributed by atoms with Crippen LogP contribution in [-0.2, 0) is 11.3 Å². The number of amides is 2. The van der Waals surface area contributed by atoms with Gasteiger partial charge in [-0.25, -0.2) is 9.59 Å². The number of carbonyl (C=O) groups is 2. The number of benzene rings is 1. The first-order valence-electron chi connectivity index (χ1n) is 6.11. The molecule has 0 saturated carbocycles. The van der Waals surface area contributed by atoms with E-state index in [1.807, 2.05) is 0 Å². The fourth-order valence-electron chi connectivity index (χ4n) is 1.51. The van der Waals surface area contributed by atoms with E-state index in [0.29, 0.717) is 11.5 Å². The van der Waals surface area contributed by atoms with Crippen LogP contribution in [0.5, 0.6) is 11.5 Å². The molecule has 2 amide bonds. The Morgan fingerprint density at radius 2 is 1.95 bits per heavy atom. The summed E-state index contributed by atoms with van der Waals surface area (Å²) in [5.41, 5.74) is 0.729. The molecule has 0 radical (unpaired) electrons. The number of methoxy groups -OCH3 is 2. The van der Waals surface area contributed by atoms with Crippen LogP contribution in [-0.4, -0.2) is 49.1 Å². The standard InChI is InChI=1S/C13H18N2O6/c1-20-9-4-3-8(11(5-9)21-2)6-14-13(19)15-7-10(16)12(17)18/h3-5,10,16H,6-7H2,1-2H3,(H,17,18)(H2,14,15,19)/t10-/m0/s1. The van der Waals surface area contributed by atoms with Crippen molar-refractivity contribution >= 4 is 12.0 Å². The molecular formula is C13H18N2O6. The van der Waals surface area contributed by atoms with Gasteiger partial charge in [-0.15, -0.1) is 0 Å². The lowest BCUT2D eigenvalue weighted by molar-refractivity contribution is -0.146. The second-order valence-corrected chi connectivity index (χ2v) is 4.10. The van der Waals surface area contributed by atoms with Gasteiger partial charge in [0.05, 0.1) is 20.8 Å². The van der Waals surface area contributed by atoms with Gasteiger partial charge in [-0.3, -0.25) is 0 Å². The first-order valence-corrected chi connectivity index (χ1v) is 6.11. The predicted molar refractivity (Wildman–Crippen MR) is 73.4 cm³/mol. The minimum atomic E-state index is -1.63. The third-order valence-electron chi connectivity index (χ3n) is 2.67. The van der Waals surface area contributed by atoms with Crippen LogP contribution in [0.3, 0.4) is 0 Å². The molecule has 116 valence electrons. The number of carboxylic acid groups (broad SMARTS) is 1. The van der Waals surface area contributed by atoms with Gasteiger partial charge in [0.1, 0.15) is 11.5 Å². The maximum atomic E-state index is 11.5. The average molecular weight is 298 g/mol. The van der Waals surface area contributed by atoms with Crippen molar-refractivity contribution in [2.75, 3.05) is 20.8 Å². The molecule has 0 bridgehead atoms. The van der Waals surface area contributed by atoms with Crippen LogP contribution in [0.2, 0.25) is 0 Å². The quantitative estimate of drug-likeness (QED) is 0.560. The lowest BCUT2D eigenvalue weighted by Gasteiger charge is -2.12. The molecule has 0 aliphatic heterocycles. The van der Waals surface area contributed by atoms with Gasteiger partial charge >= 0.3 is 12.0 Å². The number of aliphatic hydroxyl groups excluding tert-OH is 1. The molecule has 0 heterocycles. The van der Waals surface area contributed by atoms with Gasteiger partial charge in [0, 0.05) is 18.2 Å². The Morgan fingerprint density at radius 3 is 2.52 bits per heavy atom. The Bertz CT molecular complexity index is 505. The zero-order valence-electron chi connectivity index (χ0n) is 11.8. The summed E-state index contributed by atoms with van der Waals surface area (Å²) in [6, 6.07) is 4.56. The van der Waals surface area contributed by atoms with E-state index in [2.05, 4.69) is 10.6 Å². The van der Waals surface area contributed by atoms with Crippen LogP contribution < -0.4 is 20.1 Å². The van der Waals surface area contributed by atoms with E-state index in [1.54, 1.807) is 18.2 Å². The van der Waals surface area contributed by atoms with E-state index in [4.69, 9.17) is 19.7 Å². The number of urea groups is 1. The molecule has 0 aromatic heterocycles. The molecule has 0 aliphatic rings. The fraction of sp³-hybridized carbons (Fsp3) is 0.385. The summed E-state index contributed by atoms with van der Waals surface area (Å²) in [5.74, 6) is -0.211. The van der Waals surface area contributed by atoms with E-state index < -0.39 is 18.1 Å². The Balaban J connectivity index is 2.51. The normalized spacial score (nSPS) is 11.4. The van der Waals surface area contributed by atoms with Crippen molar-refractivity contribution in [3.63, 3.8) is 0 Å². The van der Waals surface area contributed by atoms with E-state index >= 15 is 0 Å². The molecule has 0 fully saturated rings. The van der Waals surface area contributed by atoms with Crippen LogP contribution in [0.25, 0.3) is 0 Å². The molecule has 8 heteroatoms.